The Kier molecular flexibility index (Phi) is 12.0. The molecule has 0 bridgehead atoms. The smallest absolute Gasteiger partial charge is 0.343 e. The van der Waals surface area contributed by atoms with E-state index in [9.17, 15) is 19.2 Å². The maximum absolute atomic E-state index is 12.7. The minimum absolute atomic E-state index is 0.0220. The molecule has 0 radical (unpaired) electrons. The first-order valence-electron chi connectivity index (χ1n) is 17.5. The van der Waals surface area contributed by atoms with E-state index in [1.54, 1.807) is 59.1 Å². The van der Waals surface area contributed by atoms with E-state index >= 15 is 0 Å². The van der Waals surface area contributed by atoms with E-state index in [1.165, 1.54) is 0 Å². The van der Waals surface area contributed by atoms with Crippen LogP contribution in [0.3, 0.4) is 0 Å². The number of carbonyl (C=O) groups excluding carboxylic acids is 4. The van der Waals surface area contributed by atoms with Crippen LogP contribution in [-0.2, 0) is 23.8 Å². The summed E-state index contributed by atoms with van der Waals surface area (Å²) in [4.78, 5) is 52.5. The Morgan fingerprint density at radius 1 is 0.857 bits per heavy atom. The number of rotatable bonds is 10. The largest absolute Gasteiger partial charge is 0.462 e. The molecule has 2 saturated carbocycles. The van der Waals surface area contributed by atoms with Gasteiger partial charge in [-0.1, -0.05) is 0 Å². The van der Waals surface area contributed by atoms with Gasteiger partial charge in [-0.3, -0.25) is 9.48 Å². The monoisotopic (exact) mass is 678 g/mol. The molecule has 49 heavy (non-hydrogen) atoms. The van der Waals surface area contributed by atoms with E-state index in [1.807, 2.05) is 45.0 Å². The Hall–Kier alpha value is -4.15. The van der Waals surface area contributed by atoms with Crippen molar-refractivity contribution in [3.63, 3.8) is 0 Å². The Bertz CT molecular complexity index is 1510. The molecule has 0 unspecified atom stereocenters. The number of hydrogen-bond acceptors (Lipinski definition) is 10. The van der Waals surface area contributed by atoms with Crippen LogP contribution in [-0.4, -0.2) is 83.4 Å². The second-order valence-corrected chi connectivity index (χ2v) is 15.3. The highest BCUT2D eigenvalue weighted by molar-refractivity contribution is 6.18. The van der Waals surface area contributed by atoms with Gasteiger partial charge in [0, 0.05) is 50.9 Å². The molecule has 268 valence electrons. The van der Waals surface area contributed by atoms with Gasteiger partial charge in [0.25, 0.3) is 0 Å². The molecule has 2 aliphatic carbocycles. The van der Waals surface area contributed by atoms with Crippen LogP contribution in [0.4, 0.5) is 5.69 Å². The summed E-state index contributed by atoms with van der Waals surface area (Å²) in [5, 5.41) is 4.64. The van der Waals surface area contributed by atoms with Gasteiger partial charge in [0.05, 0.1) is 30.1 Å². The van der Waals surface area contributed by atoms with E-state index < -0.39 is 17.2 Å². The van der Waals surface area contributed by atoms with Crippen LogP contribution in [0.15, 0.2) is 42.2 Å². The third-order valence-corrected chi connectivity index (χ3v) is 8.19. The van der Waals surface area contributed by atoms with Crippen LogP contribution in [0, 0.1) is 5.92 Å². The lowest BCUT2D eigenvalue weighted by Gasteiger charge is -2.34. The first kappa shape index (κ1) is 37.7. The predicted octanol–water partition coefficient (Wildman–Crippen LogP) is 6.49. The number of Topliss-reactive ketones (excluding diaryl/α,β-unsaturated/α-hetero) is 1. The van der Waals surface area contributed by atoms with Gasteiger partial charge in [-0.05, 0) is 111 Å². The molecular formula is C38H54N4O7. The fourth-order valence-electron chi connectivity index (χ4n) is 5.68. The first-order chi connectivity index (χ1) is 23.0. The highest BCUT2D eigenvalue weighted by Crippen LogP contribution is 2.44. The highest BCUT2D eigenvalue weighted by atomic mass is 16.6. The summed E-state index contributed by atoms with van der Waals surface area (Å²) >= 11 is 0. The Labute approximate surface area is 290 Å². The second-order valence-electron chi connectivity index (χ2n) is 15.3. The SMILES string of the molecule is CCOC(=O)c1ccc(N2CCC(n3ncc(C(=O)OC(C)(C)C)c3C3CC3)CC2)cc1.CN(C)C=C(C(=O)OC(C)(C)C)C(=O)C1CC1. The standard InChI is InChI=1S/C25H33N3O4.C13H21NO3/c1-5-31-23(29)18-8-10-19(11-9-18)27-14-12-20(13-15-27)28-22(17-6-7-17)21(16-26-28)24(30)32-25(2,3)4;1-13(2,3)17-12(16)10(8-14(4)5)11(15)9-6-7-9/h8-11,16-17,20H,5-7,12-15H2,1-4H3;8-9H,6-7H2,1-5H3. The van der Waals surface area contributed by atoms with Gasteiger partial charge in [-0.15, -0.1) is 0 Å². The zero-order valence-electron chi connectivity index (χ0n) is 30.7. The maximum atomic E-state index is 12.7. The maximum Gasteiger partial charge on any atom is 0.343 e. The second kappa shape index (κ2) is 15.6. The molecule has 3 aliphatic rings. The fourth-order valence-corrected chi connectivity index (χ4v) is 5.68. The van der Waals surface area contributed by atoms with E-state index in [-0.39, 0.29) is 35.3 Å². The highest BCUT2D eigenvalue weighted by Gasteiger charge is 2.37. The number of aromatic nitrogens is 2. The van der Waals surface area contributed by atoms with Gasteiger partial charge in [0.1, 0.15) is 22.3 Å². The lowest BCUT2D eigenvalue weighted by atomic mass is 10.0. The van der Waals surface area contributed by atoms with E-state index in [0.717, 1.165) is 63.0 Å². The normalized spacial score (nSPS) is 17.1. The number of ketones is 1. The summed E-state index contributed by atoms with van der Waals surface area (Å²) in [6.07, 6.45) is 9.12. The molecule has 1 saturated heterocycles. The molecule has 5 rings (SSSR count). The topological polar surface area (TPSA) is 120 Å². The Morgan fingerprint density at radius 2 is 1.45 bits per heavy atom. The average Bonchev–Trinajstić information content (AvgIpc) is 3.96. The molecule has 0 N–H and O–H groups in total. The van der Waals surface area contributed by atoms with Crippen molar-refractivity contribution in [2.24, 2.45) is 5.92 Å². The number of esters is 3. The summed E-state index contributed by atoms with van der Waals surface area (Å²) in [7, 11) is 3.56. The Balaban J connectivity index is 0.000000269. The molecule has 11 heteroatoms. The average molecular weight is 679 g/mol. The van der Waals surface area contributed by atoms with E-state index in [0.29, 0.717) is 23.7 Å². The van der Waals surface area contributed by atoms with Crippen LogP contribution in [0.25, 0.3) is 0 Å². The number of hydrogen-bond donors (Lipinski definition) is 0. The number of nitrogens with zero attached hydrogens (tertiary/aromatic N) is 4. The number of anilines is 1. The lowest BCUT2D eigenvalue weighted by molar-refractivity contribution is -0.151. The summed E-state index contributed by atoms with van der Waals surface area (Å²) in [6.45, 7) is 15.0. The van der Waals surface area contributed by atoms with Crippen molar-refractivity contribution in [2.75, 3.05) is 38.7 Å². The number of carbonyl (C=O) groups is 4. The summed E-state index contributed by atoms with van der Waals surface area (Å²) < 4.78 is 18.0. The van der Waals surface area contributed by atoms with Gasteiger partial charge < -0.3 is 24.0 Å². The third-order valence-electron chi connectivity index (χ3n) is 8.19. The number of benzene rings is 1. The van der Waals surface area contributed by atoms with Crippen molar-refractivity contribution in [1.29, 1.82) is 0 Å². The zero-order valence-corrected chi connectivity index (χ0v) is 30.7. The molecular weight excluding hydrogens is 624 g/mol. The lowest BCUT2D eigenvalue weighted by Crippen LogP contribution is -2.35. The fraction of sp³-hybridized carbons (Fsp3) is 0.605. The van der Waals surface area contributed by atoms with E-state index in [4.69, 9.17) is 14.2 Å². The van der Waals surface area contributed by atoms with Crippen LogP contribution in [0.1, 0.15) is 125 Å². The number of ether oxygens (including phenoxy) is 3. The molecule has 2 aromatic rings. The minimum Gasteiger partial charge on any atom is -0.462 e. The van der Waals surface area contributed by atoms with E-state index in [2.05, 4.69) is 14.7 Å². The van der Waals surface area contributed by atoms with Crippen molar-refractivity contribution in [2.45, 2.75) is 110 Å². The quantitative estimate of drug-likeness (QED) is 0.0907. The van der Waals surface area contributed by atoms with Crippen molar-refractivity contribution < 1.29 is 33.4 Å². The number of piperidine rings is 1. The molecule has 1 aromatic carbocycles. The van der Waals surface area contributed by atoms with Gasteiger partial charge >= 0.3 is 17.9 Å². The Morgan fingerprint density at radius 3 is 1.94 bits per heavy atom. The molecule has 0 spiro atoms. The van der Waals surface area contributed by atoms with Crippen molar-refractivity contribution in [3.05, 3.63) is 59.1 Å². The molecule has 0 amide bonds. The predicted molar refractivity (Wildman–Crippen MR) is 188 cm³/mol. The van der Waals surface area contributed by atoms with Crippen molar-refractivity contribution >= 4 is 29.4 Å². The van der Waals surface area contributed by atoms with Crippen LogP contribution < -0.4 is 4.90 Å². The van der Waals surface area contributed by atoms with Gasteiger partial charge in [-0.25, -0.2) is 14.4 Å². The van der Waals surface area contributed by atoms with Crippen LogP contribution in [0.5, 0.6) is 0 Å². The molecule has 0 atom stereocenters. The van der Waals surface area contributed by atoms with Gasteiger partial charge in [0.2, 0.25) is 0 Å². The summed E-state index contributed by atoms with van der Waals surface area (Å²) in [6, 6.07) is 7.89. The van der Waals surface area contributed by atoms with Crippen molar-refractivity contribution in [1.82, 2.24) is 14.7 Å². The zero-order chi connectivity index (χ0) is 36.1. The first-order valence-corrected chi connectivity index (χ1v) is 17.5. The third kappa shape index (κ3) is 10.9. The summed E-state index contributed by atoms with van der Waals surface area (Å²) in [5.41, 5.74) is 2.42. The summed E-state index contributed by atoms with van der Waals surface area (Å²) in [5.74, 6) is -0.743. The van der Waals surface area contributed by atoms with Crippen molar-refractivity contribution in [3.8, 4) is 0 Å². The molecule has 2 heterocycles. The molecule has 1 aromatic heterocycles. The van der Waals surface area contributed by atoms with Gasteiger partial charge in [-0.2, -0.15) is 5.10 Å². The van der Waals surface area contributed by atoms with Crippen LogP contribution >= 0.6 is 0 Å². The van der Waals surface area contributed by atoms with Crippen LogP contribution in [0.2, 0.25) is 0 Å². The molecule has 11 nitrogen and oxygen atoms in total. The minimum atomic E-state index is -0.577. The molecule has 3 fully saturated rings. The molecule has 1 aliphatic heterocycles. The van der Waals surface area contributed by atoms with Gasteiger partial charge in [0.15, 0.2) is 5.78 Å².